The number of carbonyl (C=O) groups is 1. The summed E-state index contributed by atoms with van der Waals surface area (Å²) in [4.78, 5) is 16.6. The van der Waals surface area contributed by atoms with E-state index < -0.39 is 0 Å². The Morgan fingerprint density at radius 3 is 2.75 bits per heavy atom. The van der Waals surface area contributed by atoms with Crippen LogP contribution < -0.4 is 10.1 Å². The molecule has 0 aliphatic carbocycles. The molecule has 0 spiro atoms. The third kappa shape index (κ3) is 3.83. The number of aromatic nitrogens is 3. The SMILES string of the molecule is CCNC(=O)CCc1c(OCC)nc2c(c(C)nn2-c2cccc(F)c2)c1C. The molecule has 0 saturated heterocycles. The Morgan fingerprint density at radius 1 is 1.29 bits per heavy atom. The highest BCUT2D eigenvalue weighted by Crippen LogP contribution is 2.32. The summed E-state index contributed by atoms with van der Waals surface area (Å²) < 4.78 is 21.1. The fraction of sp³-hybridized carbons (Fsp3) is 0.381. The molecule has 0 radical (unpaired) electrons. The van der Waals surface area contributed by atoms with Gasteiger partial charge in [0.1, 0.15) is 5.82 Å². The third-order valence-electron chi connectivity index (χ3n) is 4.64. The summed E-state index contributed by atoms with van der Waals surface area (Å²) >= 11 is 0. The van der Waals surface area contributed by atoms with Gasteiger partial charge < -0.3 is 10.1 Å². The standard InChI is InChI=1S/C21H25FN4O2/c1-5-23-18(27)11-10-17-13(3)19-14(4)25-26(16-9-7-8-15(22)12-16)20(19)24-21(17)28-6-2/h7-9,12H,5-6,10-11H2,1-4H3,(H,23,27). The Balaban J connectivity index is 2.13. The molecule has 0 fully saturated rings. The molecule has 1 N–H and O–H groups in total. The lowest BCUT2D eigenvalue weighted by molar-refractivity contribution is -0.120. The second kappa shape index (κ2) is 8.37. The van der Waals surface area contributed by atoms with Gasteiger partial charge in [-0.3, -0.25) is 4.79 Å². The number of halogens is 1. The Labute approximate surface area is 163 Å². The molecule has 6 nitrogen and oxygen atoms in total. The number of amides is 1. The first-order valence-electron chi connectivity index (χ1n) is 9.50. The van der Waals surface area contributed by atoms with E-state index in [-0.39, 0.29) is 11.7 Å². The van der Waals surface area contributed by atoms with Crippen molar-refractivity contribution in [2.75, 3.05) is 13.2 Å². The van der Waals surface area contributed by atoms with Crippen molar-refractivity contribution in [1.29, 1.82) is 0 Å². The first kappa shape index (κ1) is 19.8. The summed E-state index contributed by atoms with van der Waals surface area (Å²) in [5.74, 6) is 0.157. The molecule has 1 aromatic carbocycles. The molecule has 7 heteroatoms. The predicted molar refractivity (Wildman–Crippen MR) is 106 cm³/mol. The van der Waals surface area contributed by atoms with Gasteiger partial charge in [0.05, 0.1) is 18.0 Å². The van der Waals surface area contributed by atoms with Gasteiger partial charge in [-0.2, -0.15) is 10.1 Å². The van der Waals surface area contributed by atoms with E-state index in [1.165, 1.54) is 12.1 Å². The van der Waals surface area contributed by atoms with Crippen LogP contribution in [0.2, 0.25) is 0 Å². The van der Waals surface area contributed by atoms with Crippen molar-refractivity contribution in [1.82, 2.24) is 20.1 Å². The Kier molecular flexibility index (Phi) is 5.92. The van der Waals surface area contributed by atoms with Gasteiger partial charge in [0, 0.05) is 23.9 Å². The number of ether oxygens (including phenoxy) is 1. The van der Waals surface area contributed by atoms with E-state index in [1.54, 1.807) is 16.8 Å². The number of rotatable bonds is 7. The van der Waals surface area contributed by atoms with E-state index in [0.717, 1.165) is 22.2 Å². The van der Waals surface area contributed by atoms with E-state index in [9.17, 15) is 9.18 Å². The van der Waals surface area contributed by atoms with Crippen molar-refractivity contribution in [3.05, 3.63) is 46.9 Å². The van der Waals surface area contributed by atoms with Gasteiger partial charge in [-0.1, -0.05) is 6.07 Å². The van der Waals surface area contributed by atoms with Gasteiger partial charge in [0.15, 0.2) is 5.65 Å². The monoisotopic (exact) mass is 384 g/mol. The lowest BCUT2D eigenvalue weighted by Gasteiger charge is -2.14. The number of benzene rings is 1. The first-order chi connectivity index (χ1) is 13.5. The van der Waals surface area contributed by atoms with Crippen molar-refractivity contribution < 1.29 is 13.9 Å². The van der Waals surface area contributed by atoms with Gasteiger partial charge in [0.25, 0.3) is 0 Å². The quantitative estimate of drug-likeness (QED) is 0.675. The number of fused-ring (bicyclic) bond motifs is 1. The number of nitrogens with one attached hydrogen (secondary N) is 1. The van der Waals surface area contributed by atoms with Gasteiger partial charge in [-0.15, -0.1) is 0 Å². The zero-order valence-electron chi connectivity index (χ0n) is 16.7. The van der Waals surface area contributed by atoms with Crippen molar-refractivity contribution in [2.24, 2.45) is 0 Å². The highest BCUT2D eigenvalue weighted by atomic mass is 19.1. The van der Waals surface area contributed by atoms with Crippen molar-refractivity contribution >= 4 is 16.9 Å². The highest BCUT2D eigenvalue weighted by Gasteiger charge is 2.20. The zero-order valence-corrected chi connectivity index (χ0v) is 16.7. The minimum Gasteiger partial charge on any atom is -0.478 e. The van der Waals surface area contributed by atoms with Crippen molar-refractivity contribution in [2.45, 2.75) is 40.5 Å². The van der Waals surface area contributed by atoms with Crippen LogP contribution in [0, 0.1) is 19.7 Å². The lowest BCUT2D eigenvalue weighted by Crippen LogP contribution is -2.23. The van der Waals surface area contributed by atoms with E-state index in [2.05, 4.69) is 10.4 Å². The summed E-state index contributed by atoms with van der Waals surface area (Å²) in [6.45, 7) is 8.74. The number of aryl methyl sites for hydroxylation is 2. The Hall–Kier alpha value is -2.96. The number of nitrogens with zero attached hydrogens (tertiary/aromatic N) is 3. The van der Waals surface area contributed by atoms with E-state index in [0.29, 0.717) is 43.2 Å². The fourth-order valence-electron chi connectivity index (χ4n) is 3.39. The molecule has 148 valence electrons. The lowest BCUT2D eigenvalue weighted by atomic mass is 10.0. The molecule has 2 heterocycles. The van der Waals surface area contributed by atoms with Crippen LogP contribution in [0.3, 0.4) is 0 Å². The van der Waals surface area contributed by atoms with Crippen LogP contribution in [0.25, 0.3) is 16.7 Å². The molecule has 2 aromatic heterocycles. The summed E-state index contributed by atoms with van der Waals surface area (Å²) in [6, 6.07) is 6.25. The summed E-state index contributed by atoms with van der Waals surface area (Å²) in [5.41, 5.74) is 3.90. The molecule has 1 amide bonds. The smallest absolute Gasteiger partial charge is 0.220 e. The molecule has 0 aliphatic heterocycles. The molecule has 3 aromatic rings. The van der Waals surface area contributed by atoms with Crippen LogP contribution in [-0.4, -0.2) is 33.8 Å². The van der Waals surface area contributed by atoms with E-state index in [4.69, 9.17) is 9.72 Å². The molecule has 0 aliphatic rings. The minimum atomic E-state index is -0.334. The zero-order chi connectivity index (χ0) is 20.3. The second-order valence-electron chi connectivity index (χ2n) is 6.58. The van der Waals surface area contributed by atoms with Crippen LogP contribution >= 0.6 is 0 Å². The van der Waals surface area contributed by atoms with Crippen molar-refractivity contribution in [3.8, 4) is 11.6 Å². The highest BCUT2D eigenvalue weighted by molar-refractivity contribution is 5.85. The fourth-order valence-corrected chi connectivity index (χ4v) is 3.39. The number of pyridine rings is 1. The normalized spacial score (nSPS) is 11.0. The molecular formula is C21H25FN4O2. The number of hydrogen-bond acceptors (Lipinski definition) is 4. The molecule has 3 rings (SSSR count). The molecule has 0 saturated carbocycles. The van der Waals surface area contributed by atoms with Crippen LogP contribution in [0.5, 0.6) is 5.88 Å². The topological polar surface area (TPSA) is 69.0 Å². The van der Waals surface area contributed by atoms with Crippen molar-refractivity contribution in [3.63, 3.8) is 0 Å². The molecule has 0 unspecified atom stereocenters. The van der Waals surface area contributed by atoms with Crippen LogP contribution in [0.4, 0.5) is 4.39 Å². The van der Waals surface area contributed by atoms with Crippen LogP contribution in [0.15, 0.2) is 24.3 Å². The molecule has 28 heavy (non-hydrogen) atoms. The first-order valence-corrected chi connectivity index (χ1v) is 9.50. The summed E-state index contributed by atoms with van der Waals surface area (Å²) in [7, 11) is 0. The average molecular weight is 384 g/mol. The van der Waals surface area contributed by atoms with E-state index >= 15 is 0 Å². The summed E-state index contributed by atoms with van der Waals surface area (Å²) in [6.07, 6.45) is 0.888. The maximum Gasteiger partial charge on any atom is 0.220 e. The molecule has 0 bridgehead atoms. The maximum absolute atomic E-state index is 13.7. The Bertz CT molecular complexity index is 1010. The number of carbonyl (C=O) groups excluding carboxylic acids is 1. The predicted octanol–water partition coefficient (Wildman–Crippen LogP) is 3.64. The molecule has 0 atom stereocenters. The largest absolute Gasteiger partial charge is 0.478 e. The van der Waals surface area contributed by atoms with Gasteiger partial charge in [-0.25, -0.2) is 9.07 Å². The maximum atomic E-state index is 13.7. The third-order valence-corrected chi connectivity index (χ3v) is 4.64. The average Bonchev–Trinajstić information content (AvgIpc) is 2.98. The van der Waals surface area contributed by atoms with Gasteiger partial charge in [-0.05, 0) is 57.9 Å². The Morgan fingerprint density at radius 2 is 2.07 bits per heavy atom. The van der Waals surface area contributed by atoms with Crippen LogP contribution in [-0.2, 0) is 11.2 Å². The second-order valence-corrected chi connectivity index (χ2v) is 6.58. The molecular weight excluding hydrogens is 359 g/mol. The summed E-state index contributed by atoms with van der Waals surface area (Å²) in [5, 5.41) is 8.30. The van der Waals surface area contributed by atoms with Crippen LogP contribution in [0.1, 0.15) is 37.1 Å². The van der Waals surface area contributed by atoms with Gasteiger partial charge in [0.2, 0.25) is 11.8 Å². The number of hydrogen-bond donors (Lipinski definition) is 1. The van der Waals surface area contributed by atoms with E-state index in [1.807, 2.05) is 27.7 Å². The van der Waals surface area contributed by atoms with Gasteiger partial charge >= 0.3 is 0 Å². The minimum absolute atomic E-state index is 0.00313.